The van der Waals surface area contributed by atoms with Gasteiger partial charge in [0.1, 0.15) is 5.75 Å². The number of hydrogen-bond donors (Lipinski definition) is 2. The number of aromatic hydroxyl groups is 1. The Labute approximate surface area is 126 Å². The second kappa shape index (κ2) is 6.44. The molecule has 1 aromatic carbocycles. The highest BCUT2D eigenvalue weighted by atomic mass is 127. The second-order valence-corrected chi connectivity index (χ2v) is 4.62. The number of phenols is 1. The van der Waals surface area contributed by atoms with Crippen LogP contribution in [0.4, 0.5) is 0 Å². The van der Waals surface area contributed by atoms with Crippen LogP contribution in [0.3, 0.4) is 0 Å². The van der Waals surface area contributed by atoms with E-state index in [4.69, 9.17) is 0 Å². The average Bonchev–Trinajstić information content (AvgIpc) is 2.66. The first-order chi connectivity index (χ1) is 7.66. The summed E-state index contributed by atoms with van der Waals surface area (Å²) in [6.07, 6.45) is 0. The fourth-order valence-electron chi connectivity index (χ4n) is 1.56. The lowest BCUT2D eigenvalue weighted by Gasteiger charge is -2.15. The number of likely N-dealkylation sites (N-methyl/N-ethyl adjacent to an activating group) is 1. The minimum atomic E-state index is 0. The van der Waals surface area contributed by atoms with Crippen molar-refractivity contribution in [1.29, 1.82) is 0 Å². The Morgan fingerprint density at radius 3 is 2.88 bits per heavy atom. The molecule has 0 amide bonds. The summed E-state index contributed by atoms with van der Waals surface area (Å²) in [5.74, 6) is 1.20. The topological polar surface area (TPSA) is 47.9 Å². The maximum atomic E-state index is 9.37. The lowest BCUT2D eigenvalue weighted by molar-refractivity contribution is 0.471. The number of halogens is 2. The Bertz CT molecular complexity index is 425. The van der Waals surface area contributed by atoms with Gasteiger partial charge < -0.3 is 15.3 Å². The number of guanidine groups is 1. The van der Waals surface area contributed by atoms with E-state index in [0.29, 0.717) is 11.0 Å². The van der Waals surface area contributed by atoms with Crippen molar-refractivity contribution in [2.75, 3.05) is 20.1 Å². The van der Waals surface area contributed by atoms with E-state index in [2.05, 4.69) is 31.1 Å². The zero-order chi connectivity index (χ0) is 11.5. The van der Waals surface area contributed by atoms with E-state index < -0.39 is 0 Å². The third-order valence-corrected chi connectivity index (χ3v) is 3.16. The Morgan fingerprint density at radius 2 is 2.29 bits per heavy atom. The summed E-state index contributed by atoms with van der Waals surface area (Å²) in [5, 5.41) is 12.6. The number of nitrogens with zero attached hydrogens (tertiary/aromatic N) is 2. The molecule has 1 aliphatic heterocycles. The molecule has 0 aliphatic carbocycles. The van der Waals surface area contributed by atoms with Gasteiger partial charge >= 0.3 is 0 Å². The van der Waals surface area contributed by atoms with Gasteiger partial charge in [0.15, 0.2) is 5.96 Å². The second-order valence-electron chi connectivity index (χ2n) is 3.77. The van der Waals surface area contributed by atoms with Crippen molar-refractivity contribution >= 4 is 45.9 Å². The molecule has 17 heavy (non-hydrogen) atoms. The highest BCUT2D eigenvalue weighted by Crippen LogP contribution is 2.24. The van der Waals surface area contributed by atoms with Crippen molar-refractivity contribution < 1.29 is 5.11 Å². The van der Waals surface area contributed by atoms with Crippen LogP contribution in [-0.2, 0) is 6.54 Å². The van der Waals surface area contributed by atoms with Crippen molar-refractivity contribution in [2.24, 2.45) is 4.99 Å². The Morgan fingerprint density at radius 1 is 1.53 bits per heavy atom. The van der Waals surface area contributed by atoms with Gasteiger partial charge in [-0.1, -0.05) is 6.07 Å². The zero-order valence-electron chi connectivity index (χ0n) is 9.48. The molecule has 1 aromatic rings. The van der Waals surface area contributed by atoms with Crippen LogP contribution in [-0.4, -0.2) is 36.1 Å². The van der Waals surface area contributed by atoms with Crippen LogP contribution in [0.25, 0.3) is 0 Å². The third kappa shape index (κ3) is 3.74. The molecule has 0 unspecified atom stereocenters. The minimum absolute atomic E-state index is 0. The molecule has 0 aromatic heterocycles. The molecule has 0 saturated heterocycles. The van der Waals surface area contributed by atoms with E-state index in [1.54, 1.807) is 6.07 Å². The predicted octanol–water partition coefficient (Wildman–Crippen LogP) is 2.16. The maximum Gasteiger partial charge on any atom is 0.194 e. The summed E-state index contributed by atoms with van der Waals surface area (Å²) < 4.78 is 0.716. The molecule has 0 atom stereocenters. The van der Waals surface area contributed by atoms with Gasteiger partial charge in [0.2, 0.25) is 0 Å². The van der Waals surface area contributed by atoms with E-state index in [1.165, 1.54) is 0 Å². The number of hydrogen-bond acceptors (Lipinski definition) is 4. The monoisotopic (exact) mass is 411 g/mol. The molecule has 4 nitrogen and oxygen atoms in total. The average molecular weight is 412 g/mol. The maximum absolute atomic E-state index is 9.37. The minimum Gasteiger partial charge on any atom is -0.507 e. The van der Waals surface area contributed by atoms with Gasteiger partial charge in [0.05, 0.1) is 11.0 Å². The SMILES string of the molecule is CN1CCN=C1NCc1ccc(O)c(Br)c1.I. The van der Waals surface area contributed by atoms with Crippen molar-refractivity contribution in [1.82, 2.24) is 10.2 Å². The van der Waals surface area contributed by atoms with Crippen molar-refractivity contribution in [3.63, 3.8) is 0 Å². The Balaban J connectivity index is 0.00000144. The van der Waals surface area contributed by atoms with E-state index in [9.17, 15) is 5.11 Å². The Hall–Kier alpha value is -0.500. The molecule has 1 aliphatic rings. The largest absolute Gasteiger partial charge is 0.507 e. The van der Waals surface area contributed by atoms with Gasteiger partial charge in [-0.05, 0) is 33.6 Å². The number of benzene rings is 1. The first-order valence-electron chi connectivity index (χ1n) is 5.13. The van der Waals surface area contributed by atoms with Gasteiger partial charge in [-0.15, -0.1) is 24.0 Å². The first-order valence-corrected chi connectivity index (χ1v) is 5.93. The lowest BCUT2D eigenvalue weighted by atomic mass is 10.2. The van der Waals surface area contributed by atoms with Gasteiger partial charge in [0, 0.05) is 20.1 Å². The van der Waals surface area contributed by atoms with Gasteiger partial charge in [0.25, 0.3) is 0 Å². The highest BCUT2D eigenvalue weighted by molar-refractivity contribution is 14.0. The summed E-state index contributed by atoms with van der Waals surface area (Å²) in [6, 6.07) is 5.47. The number of phenolic OH excluding ortho intramolecular Hbond substituents is 1. The predicted molar refractivity (Wildman–Crippen MR) is 83.0 cm³/mol. The molecular formula is C11H15BrIN3O. The standard InChI is InChI=1S/C11H14BrN3O.HI/c1-15-5-4-13-11(15)14-7-8-2-3-10(16)9(12)6-8;/h2-3,6,16H,4-5,7H2,1H3,(H,13,14);1H. The van der Waals surface area contributed by atoms with Gasteiger partial charge in [-0.25, -0.2) is 0 Å². The molecule has 0 radical (unpaired) electrons. The van der Waals surface area contributed by atoms with Gasteiger partial charge in [-0.2, -0.15) is 0 Å². The molecule has 2 rings (SSSR count). The fourth-order valence-corrected chi connectivity index (χ4v) is 1.99. The normalized spacial score (nSPS) is 14.2. The molecule has 0 spiro atoms. The number of aliphatic imine (C=N–C) groups is 1. The van der Waals surface area contributed by atoms with Crippen molar-refractivity contribution in [3.8, 4) is 5.75 Å². The molecule has 94 valence electrons. The number of rotatable bonds is 2. The van der Waals surface area contributed by atoms with Crippen LogP contribution in [0.1, 0.15) is 5.56 Å². The van der Waals surface area contributed by atoms with Crippen LogP contribution in [0.5, 0.6) is 5.75 Å². The summed E-state index contributed by atoms with van der Waals surface area (Å²) in [6.45, 7) is 2.54. The van der Waals surface area contributed by atoms with Crippen LogP contribution in [0.15, 0.2) is 27.7 Å². The Kier molecular flexibility index (Phi) is 5.51. The molecule has 1 heterocycles. The van der Waals surface area contributed by atoms with Crippen LogP contribution < -0.4 is 5.32 Å². The summed E-state index contributed by atoms with van der Waals surface area (Å²) in [5.41, 5.74) is 1.10. The fraction of sp³-hybridized carbons (Fsp3) is 0.364. The summed E-state index contributed by atoms with van der Waals surface area (Å²) in [4.78, 5) is 6.43. The van der Waals surface area contributed by atoms with Crippen molar-refractivity contribution in [2.45, 2.75) is 6.54 Å². The van der Waals surface area contributed by atoms with Crippen LogP contribution in [0.2, 0.25) is 0 Å². The molecular weight excluding hydrogens is 397 g/mol. The summed E-state index contributed by atoms with van der Waals surface area (Å²) >= 11 is 3.29. The van der Waals surface area contributed by atoms with Crippen molar-refractivity contribution in [3.05, 3.63) is 28.2 Å². The lowest BCUT2D eigenvalue weighted by Crippen LogP contribution is -2.35. The molecule has 0 fully saturated rings. The van der Waals surface area contributed by atoms with Gasteiger partial charge in [-0.3, -0.25) is 4.99 Å². The third-order valence-electron chi connectivity index (χ3n) is 2.52. The summed E-state index contributed by atoms with van der Waals surface area (Å²) in [7, 11) is 2.02. The molecule has 0 bridgehead atoms. The zero-order valence-corrected chi connectivity index (χ0v) is 13.4. The van der Waals surface area contributed by atoms with E-state index in [-0.39, 0.29) is 29.7 Å². The molecule has 0 saturated carbocycles. The molecule has 6 heteroatoms. The molecule has 2 N–H and O–H groups in total. The first kappa shape index (κ1) is 14.6. The smallest absolute Gasteiger partial charge is 0.194 e. The quantitative estimate of drug-likeness (QED) is 0.733. The van der Waals surface area contributed by atoms with E-state index in [1.807, 2.05) is 19.2 Å². The van der Waals surface area contributed by atoms with E-state index in [0.717, 1.165) is 24.6 Å². The highest BCUT2D eigenvalue weighted by Gasteiger charge is 2.11. The van der Waals surface area contributed by atoms with Crippen LogP contribution >= 0.6 is 39.9 Å². The number of nitrogens with one attached hydrogen (secondary N) is 1. The van der Waals surface area contributed by atoms with E-state index >= 15 is 0 Å². The van der Waals surface area contributed by atoms with Crippen LogP contribution in [0, 0.1) is 0 Å².